The van der Waals surface area contributed by atoms with Crippen molar-refractivity contribution in [3.63, 3.8) is 0 Å². The molecule has 0 saturated carbocycles. The Hall–Kier alpha value is -3.05. The first-order valence-electron chi connectivity index (χ1n) is 9.24. The van der Waals surface area contributed by atoms with Gasteiger partial charge in [-0.05, 0) is 42.5 Å². The lowest BCUT2D eigenvalue weighted by Crippen LogP contribution is -2.13. The zero-order valence-electron chi connectivity index (χ0n) is 16.1. The second-order valence-corrected chi connectivity index (χ2v) is 7.97. The third-order valence-corrected chi connectivity index (χ3v) is 5.29. The maximum absolute atomic E-state index is 12.6. The van der Waals surface area contributed by atoms with E-state index in [9.17, 15) is 18.0 Å². The van der Waals surface area contributed by atoms with Gasteiger partial charge in [-0.1, -0.05) is 28.5 Å². The fraction of sp³-hybridized carbons (Fsp3) is 0.200. The van der Waals surface area contributed by atoms with E-state index in [1.807, 2.05) is 0 Å². The number of fused-ring (bicyclic) bond motifs is 1. The lowest BCUT2D eigenvalue weighted by atomic mass is 10.2. The van der Waals surface area contributed by atoms with Crippen LogP contribution in [0, 0.1) is 0 Å². The van der Waals surface area contributed by atoms with Gasteiger partial charge in [-0.2, -0.15) is 18.2 Å². The minimum Gasteiger partial charge on any atom is -0.431 e. The molecule has 12 heteroatoms. The highest BCUT2D eigenvalue weighted by Crippen LogP contribution is 2.30. The predicted molar refractivity (Wildman–Crippen MR) is 111 cm³/mol. The number of benzene rings is 2. The first-order valence-corrected chi connectivity index (χ1v) is 10.6. The molecule has 1 amide bonds. The minimum absolute atomic E-state index is 0.0295. The van der Waals surface area contributed by atoms with Gasteiger partial charge in [-0.15, -0.1) is 0 Å². The van der Waals surface area contributed by atoms with Crippen LogP contribution in [0.4, 0.5) is 18.9 Å². The Morgan fingerprint density at radius 1 is 1.12 bits per heavy atom. The minimum atomic E-state index is -4.43. The van der Waals surface area contributed by atoms with Crippen LogP contribution in [-0.2, 0) is 23.1 Å². The largest absolute Gasteiger partial charge is 0.431 e. The standard InChI is InChI=1S/C20H14ClF3N4O3S/c21-12-3-6-15-14(9-12)26-19(30-15)32-10-16-27-18(31-28-16)8-7-17(29)25-13-4-1-11(2-5-13)20(22,23)24/h1-6,9H,7-8,10H2,(H,25,29). The molecule has 32 heavy (non-hydrogen) atoms. The molecular formula is C20H14ClF3N4O3S. The number of carbonyl (C=O) groups excluding carboxylic acids is 1. The van der Waals surface area contributed by atoms with Crippen molar-refractivity contribution in [1.29, 1.82) is 0 Å². The second kappa shape index (κ2) is 9.21. The highest BCUT2D eigenvalue weighted by molar-refractivity contribution is 7.98. The zero-order valence-corrected chi connectivity index (χ0v) is 17.7. The van der Waals surface area contributed by atoms with Gasteiger partial charge in [0.1, 0.15) is 5.52 Å². The summed E-state index contributed by atoms with van der Waals surface area (Å²) in [5.74, 6) is 0.645. The van der Waals surface area contributed by atoms with E-state index in [1.54, 1.807) is 18.2 Å². The molecule has 0 saturated heterocycles. The van der Waals surface area contributed by atoms with E-state index in [0.717, 1.165) is 12.1 Å². The fourth-order valence-electron chi connectivity index (χ4n) is 2.70. The van der Waals surface area contributed by atoms with Crippen LogP contribution in [0.1, 0.15) is 23.7 Å². The number of nitrogens with zero attached hydrogens (tertiary/aromatic N) is 3. The molecule has 4 rings (SSSR count). The van der Waals surface area contributed by atoms with E-state index in [4.69, 9.17) is 20.5 Å². The Kier molecular flexibility index (Phi) is 6.38. The molecular weight excluding hydrogens is 469 g/mol. The molecule has 0 bridgehead atoms. The number of rotatable bonds is 7. The number of halogens is 4. The Balaban J connectivity index is 1.26. The van der Waals surface area contributed by atoms with Crippen molar-refractivity contribution < 1.29 is 26.9 Å². The average molecular weight is 483 g/mol. The Labute approximate surface area is 188 Å². The first kappa shape index (κ1) is 22.2. The second-order valence-electron chi connectivity index (χ2n) is 6.61. The maximum atomic E-state index is 12.6. The van der Waals surface area contributed by atoms with Crippen LogP contribution in [0.5, 0.6) is 0 Å². The van der Waals surface area contributed by atoms with Crippen molar-refractivity contribution >= 4 is 46.1 Å². The van der Waals surface area contributed by atoms with Crippen LogP contribution in [0.15, 0.2) is 56.6 Å². The van der Waals surface area contributed by atoms with E-state index in [2.05, 4.69) is 20.4 Å². The molecule has 0 aliphatic heterocycles. The molecule has 0 unspecified atom stereocenters. The van der Waals surface area contributed by atoms with Gasteiger partial charge in [0.2, 0.25) is 11.8 Å². The predicted octanol–water partition coefficient (Wildman–Crippen LogP) is 5.75. The number of hydrogen-bond acceptors (Lipinski definition) is 7. The molecule has 0 spiro atoms. The van der Waals surface area contributed by atoms with E-state index < -0.39 is 11.7 Å². The number of aromatic nitrogens is 3. The highest BCUT2D eigenvalue weighted by atomic mass is 35.5. The van der Waals surface area contributed by atoms with E-state index in [-0.39, 0.29) is 30.3 Å². The summed E-state index contributed by atoms with van der Waals surface area (Å²) in [5, 5.41) is 7.39. The van der Waals surface area contributed by atoms with Crippen LogP contribution in [0.25, 0.3) is 11.1 Å². The summed E-state index contributed by atoms with van der Waals surface area (Å²) in [6.07, 6.45) is -4.21. The van der Waals surface area contributed by atoms with Crippen molar-refractivity contribution in [3.05, 3.63) is 64.8 Å². The number of carbonyl (C=O) groups is 1. The van der Waals surface area contributed by atoms with Crippen LogP contribution in [-0.4, -0.2) is 21.0 Å². The van der Waals surface area contributed by atoms with Gasteiger partial charge in [-0.3, -0.25) is 4.79 Å². The van der Waals surface area contributed by atoms with Gasteiger partial charge >= 0.3 is 6.18 Å². The Bertz CT molecular complexity index is 1240. The summed E-state index contributed by atoms with van der Waals surface area (Å²) in [6.45, 7) is 0. The molecule has 2 heterocycles. The summed E-state index contributed by atoms with van der Waals surface area (Å²) in [6, 6.07) is 9.35. The number of hydrogen-bond donors (Lipinski definition) is 1. The number of anilines is 1. The SMILES string of the molecule is O=C(CCc1nc(CSc2nc3cc(Cl)ccc3o2)no1)Nc1ccc(C(F)(F)F)cc1. The maximum Gasteiger partial charge on any atom is 0.416 e. The Morgan fingerprint density at radius 3 is 2.66 bits per heavy atom. The number of amides is 1. The summed E-state index contributed by atoms with van der Waals surface area (Å²) in [7, 11) is 0. The van der Waals surface area contributed by atoms with Crippen LogP contribution >= 0.6 is 23.4 Å². The molecule has 2 aromatic heterocycles. The molecule has 166 valence electrons. The summed E-state index contributed by atoms with van der Waals surface area (Å²) >= 11 is 7.22. The van der Waals surface area contributed by atoms with Crippen LogP contribution in [0.3, 0.4) is 0 Å². The molecule has 4 aromatic rings. The monoisotopic (exact) mass is 482 g/mol. The summed E-state index contributed by atoms with van der Waals surface area (Å²) < 4.78 is 48.5. The smallest absolute Gasteiger partial charge is 0.416 e. The van der Waals surface area contributed by atoms with Crippen molar-refractivity contribution in [2.75, 3.05) is 5.32 Å². The van der Waals surface area contributed by atoms with Gasteiger partial charge in [0.15, 0.2) is 11.4 Å². The van der Waals surface area contributed by atoms with Gasteiger partial charge < -0.3 is 14.3 Å². The van der Waals surface area contributed by atoms with E-state index in [1.165, 1.54) is 23.9 Å². The molecule has 0 aliphatic rings. The zero-order chi connectivity index (χ0) is 22.7. The number of oxazole rings is 1. The van der Waals surface area contributed by atoms with Gasteiger partial charge in [0.25, 0.3) is 5.22 Å². The van der Waals surface area contributed by atoms with Crippen molar-refractivity contribution in [1.82, 2.24) is 15.1 Å². The van der Waals surface area contributed by atoms with Crippen LogP contribution in [0.2, 0.25) is 5.02 Å². The Morgan fingerprint density at radius 2 is 1.91 bits per heavy atom. The molecule has 1 N–H and O–H groups in total. The topological polar surface area (TPSA) is 94.0 Å². The highest BCUT2D eigenvalue weighted by Gasteiger charge is 2.30. The van der Waals surface area contributed by atoms with Gasteiger partial charge in [-0.25, -0.2) is 4.98 Å². The summed E-state index contributed by atoms with van der Waals surface area (Å²) in [5.41, 5.74) is 0.747. The average Bonchev–Trinajstić information content (AvgIpc) is 3.36. The molecule has 0 aliphatic carbocycles. The number of alkyl halides is 3. The lowest BCUT2D eigenvalue weighted by Gasteiger charge is -2.08. The number of thioether (sulfide) groups is 1. The van der Waals surface area contributed by atoms with Crippen molar-refractivity contribution in [3.8, 4) is 0 Å². The number of nitrogens with one attached hydrogen (secondary N) is 1. The fourth-order valence-corrected chi connectivity index (χ4v) is 3.55. The van der Waals surface area contributed by atoms with Crippen molar-refractivity contribution in [2.45, 2.75) is 30.0 Å². The first-order chi connectivity index (χ1) is 15.3. The third-order valence-electron chi connectivity index (χ3n) is 4.23. The molecule has 2 aromatic carbocycles. The lowest BCUT2D eigenvalue weighted by molar-refractivity contribution is -0.137. The van der Waals surface area contributed by atoms with Gasteiger partial charge in [0, 0.05) is 23.6 Å². The van der Waals surface area contributed by atoms with Crippen molar-refractivity contribution in [2.24, 2.45) is 0 Å². The quantitative estimate of drug-likeness (QED) is 0.335. The van der Waals surface area contributed by atoms with E-state index in [0.29, 0.717) is 32.9 Å². The summed E-state index contributed by atoms with van der Waals surface area (Å²) in [4.78, 5) is 20.6. The number of aryl methyl sites for hydroxylation is 1. The molecule has 7 nitrogen and oxygen atoms in total. The molecule has 0 radical (unpaired) electrons. The third kappa shape index (κ3) is 5.60. The van der Waals surface area contributed by atoms with E-state index >= 15 is 0 Å². The van der Waals surface area contributed by atoms with Gasteiger partial charge in [0.05, 0.1) is 11.3 Å². The van der Waals surface area contributed by atoms with Crippen LogP contribution < -0.4 is 5.32 Å². The molecule has 0 atom stereocenters. The normalized spacial score (nSPS) is 11.8. The molecule has 0 fully saturated rings.